The van der Waals surface area contributed by atoms with Crippen molar-refractivity contribution >= 4 is 45.8 Å². The molecule has 110 valence electrons. The number of halogens is 2. The third kappa shape index (κ3) is 3.65. The quantitative estimate of drug-likeness (QED) is 0.584. The molecule has 1 saturated carbocycles. The highest BCUT2D eigenvalue weighted by Crippen LogP contribution is 2.36. The van der Waals surface area contributed by atoms with Gasteiger partial charge in [0.15, 0.2) is 0 Å². The number of benzene rings is 1. The van der Waals surface area contributed by atoms with Crippen LogP contribution in [-0.4, -0.2) is 12.5 Å². The van der Waals surface area contributed by atoms with E-state index in [1.165, 1.54) is 12.8 Å². The standard InChI is InChI=1S/C15H20ClIN2O/c16-12-9-11(17)5-6-13(12)19-14(20)15(10-18)7-3-1-2-4-8-15/h5-6,9H,1-4,7-8,10,18H2,(H,19,20). The summed E-state index contributed by atoms with van der Waals surface area (Å²) < 4.78 is 1.05. The van der Waals surface area contributed by atoms with Crippen LogP contribution in [0.1, 0.15) is 38.5 Å². The molecule has 1 aromatic carbocycles. The molecule has 5 heteroatoms. The predicted octanol–water partition coefficient (Wildman–Crippen LogP) is 4.18. The van der Waals surface area contributed by atoms with Gasteiger partial charge in [0.2, 0.25) is 5.91 Å². The first-order chi connectivity index (χ1) is 9.57. The Labute approximate surface area is 138 Å². The number of nitrogens with two attached hydrogens (primary N) is 1. The summed E-state index contributed by atoms with van der Waals surface area (Å²) in [5.74, 6) is 0.0185. The molecule has 1 aliphatic carbocycles. The van der Waals surface area contributed by atoms with Crippen molar-refractivity contribution < 1.29 is 4.79 Å². The molecule has 0 saturated heterocycles. The van der Waals surface area contributed by atoms with Gasteiger partial charge in [0, 0.05) is 10.1 Å². The lowest BCUT2D eigenvalue weighted by molar-refractivity contribution is -0.125. The second-order valence-electron chi connectivity index (χ2n) is 5.48. The van der Waals surface area contributed by atoms with Crippen LogP contribution < -0.4 is 11.1 Å². The summed E-state index contributed by atoms with van der Waals surface area (Å²) in [6.07, 6.45) is 6.28. The number of anilines is 1. The second-order valence-corrected chi connectivity index (χ2v) is 7.13. The number of nitrogens with one attached hydrogen (secondary N) is 1. The van der Waals surface area contributed by atoms with E-state index in [9.17, 15) is 4.79 Å². The molecule has 0 aromatic heterocycles. The van der Waals surface area contributed by atoms with E-state index in [2.05, 4.69) is 27.9 Å². The first kappa shape index (κ1) is 16.0. The first-order valence-corrected chi connectivity index (χ1v) is 8.50. The van der Waals surface area contributed by atoms with Gasteiger partial charge < -0.3 is 11.1 Å². The van der Waals surface area contributed by atoms with Crippen LogP contribution in [-0.2, 0) is 4.79 Å². The Bertz CT molecular complexity index is 485. The van der Waals surface area contributed by atoms with Crippen molar-refractivity contribution in [2.24, 2.45) is 11.1 Å². The van der Waals surface area contributed by atoms with Gasteiger partial charge in [0.25, 0.3) is 0 Å². The zero-order valence-electron chi connectivity index (χ0n) is 11.4. The molecule has 20 heavy (non-hydrogen) atoms. The summed E-state index contributed by atoms with van der Waals surface area (Å²) in [5.41, 5.74) is 6.18. The summed E-state index contributed by atoms with van der Waals surface area (Å²) in [4.78, 5) is 12.7. The molecule has 1 amide bonds. The van der Waals surface area contributed by atoms with E-state index in [4.69, 9.17) is 17.3 Å². The molecule has 0 radical (unpaired) electrons. The SMILES string of the molecule is NCC1(C(=O)Nc2ccc(I)cc2Cl)CCCCCC1. The highest BCUT2D eigenvalue weighted by molar-refractivity contribution is 14.1. The Balaban J connectivity index is 2.16. The van der Waals surface area contributed by atoms with Gasteiger partial charge >= 0.3 is 0 Å². The van der Waals surface area contributed by atoms with Crippen molar-refractivity contribution in [1.29, 1.82) is 0 Å². The van der Waals surface area contributed by atoms with Crippen LogP contribution in [0.25, 0.3) is 0 Å². The van der Waals surface area contributed by atoms with Crippen LogP contribution in [0.4, 0.5) is 5.69 Å². The monoisotopic (exact) mass is 406 g/mol. The van der Waals surface area contributed by atoms with Crippen LogP contribution in [0.15, 0.2) is 18.2 Å². The molecule has 2 rings (SSSR count). The Hall–Kier alpha value is -0.330. The second kappa shape index (κ2) is 7.09. The van der Waals surface area contributed by atoms with Gasteiger partial charge in [-0.3, -0.25) is 4.79 Å². The van der Waals surface area contributed by atoms with E-state index in [-0.39, 0.29) is 5.91 Å². The summed E-state index contributed by atoms with van der Waals surface area (Å²) in [5, 5.41) is 3.55. The van der Waals surface area contributed by atoms with Crippen molar-refractivity contribution in [2.45, 2.75) is 38.5 Å². The molecule has 0 spiro atoms. The van der Waals surface area contributed by atoms with Crippen molar-refractivity contribution in [3.05, 3.63) is 26.8 Å². The lowest BCUT2D eigenvalue weighted by Crippen LogP contribution is -2.42. The number of rotatable bonds is 3. The number of hydrogen-bond acceptors (Lipinski definition) is 2. The molecule has 1 aliphatic rings. The average Bonchev–Trinajstić information content (AvgIpc) is 2.68. The lowest BCUT2D eigenvalue weighted by Gasteiger charge is -2.30. The summed E-state index contributed by atoms with van der Waals surface area (Å²) in [7, 11) is 0. The number of carbonyl (C=O) groups excluding carboxylic acids is 1. The Kier molecular flexibility index (Phi) is 5.69. The van der Waals surface area contributed by atoms with Gasteiger partial charge in [-0.1, -0.05) is 37.3 Å². The number of hydrogen-bond donors (Lipinski definition) is 2. The molecular formula is C15H20ClIN2O. The smallest absolute Gasteiger partial charge is 0.231 e. The zero-order chi connectivity index (χ0) is 14.6. The Morgan fingerprint density at radius 1 is 1.30 bits per heavy atom. The number of amides is 1. The summed E-state index contributed by atoms with van der Waals surface area (Å²) in [6.45, 7) is 0.404. The molecule has 0 aliphatic heterocycles. The zero-order valence-corrected chi connectivity index (χ0v) is 14.3. The van der Waals surface area contributed by atoms with Crippen molar-refractivity contribution in [1.82, 2.24) is 0 Å². The third-order valence-electron chi connectivity index (χ3n) is 4.11. The molecule has 1 fully saturated rings. The van der Waals surface area contributed by atoms with Crippen LogP contribution in [0.3, 0.4) is 0 Å². The molecule has 0 unspecified atom stereocenters. The maximum Gasteiger partial charge on any atom is 0.231 e. The van der Waals surface area contributed by atoms with Gasteiger partial charge in [0.05, 0.1) is 16.1 Å². The fourth-order valence-corrected chi connectivity index (χ4v) is 3.68. The van der Waals surface area contributed by atoms with Crippen molar-refractivity contribution in [3.63, 3.8) is 0 Å². The largest absolute Gasteiger partial charge is 0.329 e. The van der Waals surface area contributed by atoms with Gasteiger partial charge in [-0.2, -0.15) is 0 Å². The van der Waals surface area contributed by atoms with Crippen LogP contribution in [0, 0.1) is 8.99 Å². The molecule has 3 N–H and O–H groups in total. The topological polar surface area (TPSA) is 55.1 Å². The normalized spacial score (nSPS) is 18.4. The molecule has 0 heterocycles. The highest BCUT2D eigenvalue weighted by Gasteiger charge is 2.37. The van der Waals surface area contributed by atoms with E-state index in [1.54, 1.807) is 0 Å². The maximum atomic E-state index is 12.7. The lowest BCUT2D eigenvalue weighted by atomic mass is 9.79. The Morgan fingerprint density at radius 2 is 1.95 bits per heavy atom. The van der Waals surface area contributed by atoms with Gasteiger partial charge in [-0.25, -0.2) is 0 Å². The van der Waals surface area contributed by atoms with E-state index >= 15 is 0 Å². The first-order valence-electron chi connectivity index (χ1n) is 7.04. The molecule has 1 aromatic rings. The van der Waals surface area contributed by atoms with Gasteiger partial charge in [-0.15, -0.1) is 0 Å². The van der Waals surface area contributed by atoms with E-state index in [1.807, 2.05) is 18.2 Å². The minimum Gasteiger partial charge on any atom is -0.329 e. The van der Waals surface area contributed by atoms with Crippen molar-refractivity contribution in [3.8, 4) is 0 Å². The van der Waals surface area contributed by atoms with E-state index < -0.39 is 5.41 Å². The van der Waals surface area contributed by atoms with Crippen LogP contribution >= 0.6 is 34.2 Å². The fraction of sp³-hybridized carbons (Fsp3) is 0.533. The van der Waals surface area contributed by atoms with E-state index in [0.29, 0.717) is 17.3 Å². The third-order valence-corrected chi connectivity index (χ3v) is 5.10. The predicted molar refractivity (Wildman–Crippen MR) is 92.0 cm³/mol. The number of carbonyl (C=O) groups is 1. The van der Waals surface area contributed by atoms with Gasteiger partial charge in [-0.05, 0) is 53.6 Å². The molecule has 0 bridgehead atoms. The maximum absolute atomic E-state index is 12.7. The Morgan fingerprint density at radius 3 is 2.50 bits per heavy atom. The average molecular weight is 407 g/mol. The fourth-order valence-electron chi connectivity index (χ4n) is 2.77. The molecular weight excluding hydrogens is 387 g/mol. The van der Waals surface area contributed by atoms with E-state index in [0.717, 1.165) is 29.3 Å². The summed E-state index contributed by atoms with van der Waals surface area (Å²) >= 11 is 8.38. The van der Waals surface area contributed by atoms with Crippen molar-refractivity contribution in [2.75, 3.05) is 11.9 Å². The highest BCUT2D eigenvalue weighted by atomic mass is 127. The molecule has 0 atom stereocenters. The minimum atomic E-state index is -0.428. The van der Waals surface area contributed by atoms with Crippen LogP contribution in [0.5, 0.6) is 0 Å². The summed E-state index contributed by atoms with van der Waals surface area (Å²) in [6, 6.07) is 5.63. The van der Waals surface area contributed by atoms with Crippen LogP contribution in [0.2, 0.25) is 5.02 Å². The minimum absolute atomic E-state index is 0.0185. The molecule has 3 nitrogen and oxygen atoms in total. The van der Waals surface area contributed by atoms with Gasteiger partial charge in [0.1, 0.15) is 0 Å².